The molecule has 19 heteroatoms. The quantitative estimate of drug-likeness (QED) is 0.0758. The zero-order chi connectivity index (χ0) is 58.1. The average molecular weight is 1160 g/mol. The van der Waals surface area contributed by atoms with E-state index in [9.17, 15) is 0 Å². The number of hydrogen-bond acceptors (Lipinski definition) is 12. The zero-order valence-electron chi connectivity index (χ0n) is 46.6. The molecule has 6 aromatic rings. The number of hydrogen-bond donors (Lipinski definition) is 0. The van der Waals surface area contributed by atoms with Crippen LogP contribution in [0.15, 0.2) is 109 Å². The summed E-state index contributed by atoms with van der Waals surface area (Å²) >= 11 is 0. The van der Waals surface area contributed by atoms with Gasteiger partial charge in [0.05, 0.1) is 85.3 Å². The molecule has 0 heterocycles. The van der Waals surface area contributed by atoms with Crippen LogP contribution in [0.1, 0.15) is 33.4 Å². The largest absolute Gasteiger partial charge is 0.493 e. The van der Waals surface area contributed by atoms with E-state index in [1.807, 2.05) is 72.8 Å². The van der Waals surface area contributed by atoms with Crippen LogP contribution in [0.2, 0.25) is 0 Å². The second-order valence-corrected chi connectivity index (χ2v) is 15.0. The first-order valence-electron chi connectivity index (χ1n) is 23.1. The zero-order valence-corrected chi connectivity index (χ0v) is 48.5. The standard InChI is InChI=1S/6C10H11NO2.Tc/c6*1-11-7-8-4-5-9(12-2)10(6-8)13-3;/h6*4-6H,7H2,2-3H3;/i;;;;;;1+1. The van der Waals surface area contributed by atoms with Gasteiger partial charge in [-0.15, -0.1) is 0 Å². The van der Waals surface area contributed by atoms with Crippen molar-refractivity contribution in [3.63, 3.8) is 0 Å². The molecule has 415 valence electrons. The molecule has 0 bridgehead atoms. The SMILES string of the molecule is [99Tc].[C-]#[N+]Cc1ccc(OC)c(OC)c1.[C-]#[N+]Cc1ccc(OC)c(OC)c1.[C-]#[N+]Cc1ccc(OC)c(OC)c1.[C-]#[N+]Cc1ccc(OC)c(OC)c1.[C-]#[N+]Cc1ccc(OC)c(OC)c1.[C-]#[N+]Cc1ccc(OC)c(OC)c1. The van der Waals surface area contributed by atoms with E-state index in [0.29, 0.717) is 108 Å². The third-order valence-electron chi connectivity index (χ3n) is 10.3. The van der Waals surface area contributed by atoms with E-state index in [1.165, 1.54) is 0 Å². The van der Waals surface area contributed by atoms with E-state index >= 15 is 0 Å². The molecule has 6 rings (SSSR count). The first-order valence-corrected chi connectivity index (χ1v) is 23.1. The predicted octanol–water partition coefficient (Wildman–Crippen LogP) is 12.7. The van der Waals surface area contributed by atoms with Crippen molar-refractivity contribution >= 4 is 0 Å². The van der Waals surface area contributed by atoms with Crippen LogP contribution in [-0.4, -0.2) is 85.3 Å². The minimum atomic E-state index is 0. The van der Waals surface area contributed by atoms with E-state index in [4.69, 9.17) is 96.3 Å². The van der Waals surface area contributed by atoms with Gasteiger partial charge in [0.25, 0.3) is 0 Å². The number of rotatable bonds is 18. The van der Waals surface area contributed by atoms with E-state index < -0.39 is 0 Å². The van der Waals surface area contributed by atoms with Gasteiger partial charge in [0, 0.05) is 53.5 Å². The van der Waals surface area contributed by atoms with Gasteiger partial charge >= 0.3 is 0 Å². The molecule has 0 aliphatic rings. The molecule has 79 heavy (non-hydrogen) atoms. The minimum absolute atomic E-state index is 0. The molecule has 0 aromatic heterocycles. The molecular weight excluding hydrogens is 1100 g/mol. The second kappa shape index (κ2) is 41.7. The number of benzene rings is 6. The Hall–Kier alpha value is -9.49. The van der Waals surface area contributed by atoms with Gasteiger partial charge in [-0.1, -0.05) is 0 Å². The van der Waals surface area contributed by atoms with Crippen molar-refractivity contribution in [2.75, 3.05) is 85.3 Å². The van der Waals surface area contributed by atoms with Crippen molar-refractivity contribution in [3.05, 3.63) is 211 Å². The fraction of sp³-hybridized carbons (Fsp3) is 0.300. The predicted molar refractivity (Wildman–Crippen MR) is 299 cm³/mol. The fourth-order valence-corrected chi connectivity index (χ4v) is 6.42. The normalized spacial score (nSPS) is 8.89. The Morgan fingerprint density at radius 2 is 0.329 bits per heavy atom. The molecule has 0 aliphatic heterocycles. The van der Waals surface area contributed by atoms with Gasteiger partial charge in [0.15, 0.2) is 69.0 Å². The van der Waals surface area contributed by atoms with Gasteiger partial charge in [0.2, 0.25) is 39.3 Å². The number of ether oxygens (including phenoxy) is 12. The molecule has 0 saturated carbocycles. The monoisotopic (exact) mass is 1160 g/mol. The molecule has 0 spiro atoms. The summed E-state index contributed by atoms with van der Waals surface area (Å²) < 4.78 is 61.0. The summed E-state index contributed by atoms with van der Waals surface area (Å²) in [5.41, 5.74) is 5.63. The summed E-state index contributed by atoms with van der Waals surface area (Å²) in [7, 11) is 19.0. The Labute approximate surface area is 479 Å². The Morgan fingerprint density at radius 3 is 0.418 bits per heavy atom. The topological polar surface area (TPSA) is 137 Å². The van der Waals surface area contributed by atoms with Crippen LogP contribution >= 0.6 is 0 Å². The second-order valence-electron chi connectivity index (χ2n) is 15.0. The summed E-state index contributed by atoms with van der Waals surface area (Å²) in [6.45, 7) is 42.6. The van der Waals surface area contributed by atoms with Crippen molar-refractivity contribution in [1.29, 1.82) is 0 Å². The molecule has 0 atom stereocenters. The van der Waals surface area contributed by atoms with Crippen molar-refractivity contribution < 1.29 is 76.9 Å². The maximum Gasteiger partial charge on any atom is 0.239 e. The fourth-order valence-electron chi connectivity index (χ4n) is 6.42. The molecule has 1 radical (unpaired) electrons. The van der Waals surface area contributed by atoms with E-state index in [1.54, 1.807) is 122 Å². The van der Waals surface area contributed by atoms with Crippen LogP contribution in [-0.2, 0) is 59.4 Å². The number of methoxy groups -OCH3 is 12. The van der Waals surface area contributed by atoms with Crippen LogP contribution in [0.4, 0.5) is 0 Å². The van der Waals surface area contributed by atoms with Crippen molar-refractivity contribution in [1.82, 2.24) is 0 Å². The Morgan fingerprint density at radius 1 is 0.215 bits per heavy atom. The van der Waals surface area contributed by atoms with Crippen LogP contribution in [0, 0.1) is 39.4 Å². The van der Waals surface area contributed by atoms with Gasteiger partial charge < -0.3 is 85.9 Å². The Bertz CT molecular complexity index is 2500. The van der Waals surface area contributed by atoms with Gasteiger partial charge in [-0.2, -0.15) is 0 Å². The van der Waals surface area contributed by atoms with E-state index in [0.717, 1.165) is 33.4 Å². The summed E-state index contributed by atoms with van der Waals surface area (Å²) in [6.07, 6.45) is 0. The van der Waals surface area contributed by atoms with Gasteiger partial charge in [-0.3, -0.25) is 0 Å². The maximum atomic E-state index is 6.72. The molecule has 0 N–H and O–H groups in total. The van der Waals surface area contributed by atoms with E-state index in [-0.39, 0.29) is 20.1 Å². The third-order valence-corrected chi connectivity index (χ3v) is 10.3. The van der Waals surface area contributed by atoms with Gasteiger partial charge in [0.1, 0.15) is 0 Å². The van der Waals surface area contributed by atoms with Crippen molar-refractivity contribution in [3.8, 4) is 69.0 Å². The number of nitrogens with zero attached hydrogens (tertiary/aromatic N) is 6. The minimum Gasteiger partial charge on any atom is -0.493 e. The maximum absolute atomic E-state index is 6.72. The molecule has 0 amide bonds. The summed E-state index contributed by atoms with van der Waals surface area (Å²) in [6, 6.07) is 32.9. The van der Waals surface area contributed by atoms with Crippen LogP contribution in [0.3, 0.4) is 0 Å². The van der Waals surface area contributed by atoms with Crippen LogP contribution in [0.25, 0.3) is 29.1 Å². The summed E-state index contributed by atoms with van der Waals surface area (Å²) in [4.78, 5) is 19.7. The van der Waals surface area contributed by atoms with Gasteiger partial charge in [-0.25, -0.2) is 39.4 Å². The molecule has 0 unspecified atom stereocenters. The van der Waals surface area contributed by atoms with E-state index in [2.05, 4.69) is 29.1 Å². The molecule has 0 aliphatic carbocycles. The molecule has 6 aromatic carbocycles. The molecule has 0 fully saturated rings. The molecule has 18 nitrogen and oxygen atoms in total. The van der Waals surface area contributed by atoms with Crippen molar-refractivity contribution in [2.45, 2.75) is 39.3 Å². The average Bonchev–Trinajstić information content (AvgIpc) is 3.48. The first kappa shape index (κ1) is 69.5. The molecular formula is C60H66N6O12Tc. The van der Waals surface area contributed by atoms with Crippen molar-refractivity contribution in [2.24, 2.45) is 0 Å². The smallest absolute Gasteiger partial charge is 0.239 e. The summed E-state index contributed by atoms with van der Waals surface area (Å²) in [5.74, 6) is 8.17. The Balaban J connectivity index is 0.000000922. The first-order chi connectivity index (χ1) is 37.9. The summed E-state index contributed by atoms with van der Waals surface area (Å²) in [5, 5.41) is 0. The Kier molecular flexibility index (Phi) is 36.7. The van der Waals surface area contributed by atoms with Gasteiger partial charge in [-0.05, 0) is 109 Å². The van der Waals surface area contributed by atoms with Crippen LogP contribution < -0.4 is 56.8 Å². The third kappa shape index (κ3) is 24.8. The van der Waals surface area contributed by atoms with Crippen LogP contribution in [0.5, 0.6) is 69.0 Å². The molecule has 0 saturated heterocycles.